The number of esters is 2. The first-order valence-electron chi connectivity index (χ1n) is 18.0. The molecular weight excluding hydrogens is 674 g/mol. The van der Waals surface area contributed by atoms with Gasteiger partial charge in [0, 0.05) is 12.8 Å². The number of amides is 3. The van der Waals surface area contributed by atoms with Crippen LogP contribution in [0, 0.1) is 17.8 Å². The van der Waals surface area contributed by atoms with Crippen molar-refractivity contribution < 1.29 is 55.7 Å². The smallest absolute Gasteiger partial charge is 0.397 e. The van der Waals surface area contributed by atoms with E-state index in [9.17, 15) is 42.0 Å². The first-order valence-corrected chi connectivity index (χ1v) is 19.3. The average Bonchev–Trinajstić information content (AvgIpc) is 3.03. The van der Waals surface area contributed by atoms with E-state index < -0.39 is 101 Å². The van der Waals surface area contributed by atoms with E-state index in [4.69, 9.17) is 9.47 Å². The van der Waals surface area contributed by atoms with Gasteiger partial charge in [-0.15, -0.1) is 0 Å². The van der Waals surface area contributed by atoms with E-state index in [2.05, 4.69) is 27.1 Å². The lowest BCUT2D eigenvalue weighted by molar-refractivity contribution is -0.162. The van der Waals surface area contributed by atoms with Crippen molar-refractivity contribution in [2.24, 2.45) is 17.8 Å². The molecule has 0 aromatic rings. The Balaban J connectivity index is 3.35. The second kappa shape index (κ2) is 22.9. The molecule has 0 saturated carbocycles. The summed E-state index contributed by atoms with van der Waals surface area (Å²) in [5, 5.41) is 18.6. The number of hydrogen-bond acceptors (Lipinski definition) is 11. The van der Waals surface area contributed by atoms with Crippen LogP contribution in [-0.4, -0.2) is 90.8 Å². The number of hydrogen-bond donors (Lipinski definition) is 5. The van der Waals surface area contributed by atoms with E-state index >= 15 is 0 Å². The van der Waals surface area contributed by atoms with Gasteiger partial charge in [-0.3, -0.25) is 23.7 Å². The van der Waals surface area contributed by atoms with Crippen molar-refractivity contribution in [3.05, 3.63) is 0 Å². The molecule has 0 unspecified atom stereocenters. The van der Waals surface area contributed by atoms with Crippen molar-refractivity contribution in [2.75, 3.05) is 6.61 Å². The zero-order valence-corrected chi connectivity index (χ0v) is 31.6. The van der Waals surface area contributed by atoms with E-state index in [0.717, 1.165) is 39.5 Å². The number of carbonyl (C=O) groups excluding carboxylic acids is 5. The Morgan fingerprint density at radius 3 is 1.82 bits per heavy atom. The van der Waals surface area contributed by atoms with E-state index in [1.54, 1.807) is 20.8 Å². The number of unbranched alkanes of at least 4 members (excludes halogenated alkanes) is 10. The third-order valence-corrected chi connectivity index (χ3v) is 9.58. The number of ether oxygens (including phenoxy) is 2. The highest BCUT2D eigenvalue weighted by molar-refractivity contribution is 7.80. The molecule has 1 rings (SSSR count). The van der Waals surface area contributed by atoms with Crippen molar-refractivity contribution in [2.45, 2.75) is 162 Å². The van der Waals surface area contributed by atoms with Gasteiger partial charge in [0.1, 0.15) is 30.9 Å². The summed E-state index contributed by atoms with van der Waals surface area (Å²) in [7, 11) is -5.10. The molecule has 3 amide bonds. The standard InChI is InChI=1S/C34H61N3O12S/c1-8-9-10-11-12-13-14-15-16-17-18-19-27-22(4)30(39)23(5)31(40)36-28(21(2)3)32(41)37-29(24(6)49-50(44,45)46)33(42)35-26(34(43)48-27)20-47-25(7)38/h21-24,26-30,39H,8-20H2,1-7H3,(H,35,42)(H,36,40)(H,37,41)(H,44,45,46)/t22-,23-,24-,26+,27+,28+,29+,30+/m1/s1. The molecule has 8 atom stereocenters. The quantitative estimate of drug-likeness (QED) is 0.0778. The van der Waals surface area contributed by atoms with Crippen molar-refractivity contribution in [1.82, 2.24) is 16.0 Å². The van der Waals surface area contributed by atoms with E-state index in [0.29, 0.717) is 12.8 Å². The fourth-order valence-electron chi connectivity index (χ4n) is 5.84. The number of cyclic esters (lactones) is 1. The maximum Gasteiger partial charge on any atom is 0.397 e. The van der Waals surface area contributed by atoms with Crippen LogP contribution in [0.4, 0.5) is 0 Å². The van der Waals surface area contributed by atoms with Gasteiger partial charge in [0.15, 0.2) is 6.04 Å². The van der Waals surface area contributed by atoms with Crippen molar-refractivity contribution in [3.8, 4) is 0 Å². The minimum Gasteiger partial charge on any atom is -0.463 e. The molecule has 0 bridgehead atoms. The summed E-state index contributed by atoms with van der Waals surface area (Å²) < 4.78 is 47.7. The van der Waals surface area contributed by atoms with Crippen molar-refractivity contribution >= 4 is 40.1 Å². The van der Waals surface area contributed by atoms with Gasteiger partial charge in [0.05, 0.1) is 12.0 Å². The van der Waals surface area contributed by atoms with Crippen LogP contribution >= 0.6 is 0 Å². The monoisotopic (exact) mass is 735 g/mol. The SMILES string of the molecule is CCCCCCCCCCCCC[C@@H]1OC(=O)[C@H](COC(C)=O)NC(=O)[C@H]([C@@H](C)OS(=O)(=O)O)NC(=O)[C@H](C(C)C)NC(=O)[C@H](C)[C@@H](O)[C@@H]1C. The molecule has 1 fully saturated rings. The number of carbonyl (C=O) groups is 5. The average molecular weight is 736 g/mol. The summed E-state index contributed by atoms with van der Waals surface area (Å²) in [4.78, 5) is 65.6. The molecule has 0 spiro atoms. The highest BCUT2D eigenvalue weighted by atomic mass is 32.3. The van der Waals surface area contributed by atoms with Gasteiger partial charge < -0.3 is 30.5 Å². The molecule has 16 heteroatoms. The topological polar surface area (TPSA) is 224 Å². The lowest BCUT2D eigenvalue weighted by Gasteiger charge is -2.32. The van der Waals surface area contributed by atoms with E-state index in [1.807, 2.05) is 0 Å². The van der Waals surface area contributed by atoms with Gasteiger partial charge in [-0.1, -0.05) is 98.8 Å². The maximum atomic E-state index is 13.6. The minimum atomic E-state index is -5.10. The van der Waals surface area contributed by atoms with Gasteiger partial charge in [-0.2, -0.15) is 8.42 Å². The van der Waals surface area contributed by atoms with Crippen LogP contribution in [0.5, 0.6) is 0 Å². The summed E-state index contributed by atoms with van der Waals surface area (Å²) in [5.74, 6) is -6.86. The Morgan fingerprint density at radius 2 is 1.32 bits per heavy atom. The number of aliphatic hydroxyl groups excluding tert-OH is 1. The third kappa shape index (κ3) is 16.9. The molecule has 290 valence electrons. The Bertz CT molecular complexity index is 1200. The van der Waals surface area contributed by atoms with Crippen LogP contribution < -0.4 is 16.0 Å². The second-order valence-corrected chi connectivity index (χ2v) is 14.8. The summed E-state index contributed by atoms with van der Waals surface area (Å²) in [5.41, 5.74) is 0. The molecule has 1 saturated heterocycles. The maximum absolute atomic E-state index is 13.6. The van der Waals surface area contributed by atoms with Gasteiger partial charge in [0.2, 0.25) is 17.7 Å². The van der Waals surface area contributed by atoms with Gasteiger partial charge in [0.25, 0.3) is 0 Å². The van der Waals surface area contributed by atoms with E-state index in [-0.39, 0.29) is 0 Å². The molecule has 0 radical (unpaired) electrons. The highest BCUT2D eigenvalue weighted by Gasteiger charge is 2.40. The van der Waals surface area contributed by atoms with Crippen molar-refractivity contribution in [3.63, 3.8) is 0 Å². The molecular formula is C34H61N3O12S. The molecule has 5 N–H and O–H groups in total. The molecule has 0 aromatic heterocycles. The summed E-state index contributed by atoms with van der Waals surface area (Å²) >= 11 is 0. The fraction of sp³-hybridized carbons (Fsp3) is 0.853. The molecule has 15 nitrogen and oxygen atoms in total. The Kier molecular flexibility index (Phi) is 20.7. The molecule has 0 aromatic carbocycles. The second-order valence-electron chi connectivity index (χ2n) is 13.7. The molecule has 0 aliphatic carbocycles. The summed E-state index contributed by atoms with van der Waals surface area (Å²) in [6.07, 6.45) is 8.47. The highest BCUT2D eigenvalue weighted by Crippen LogP contribution is 2.25. The lowest BCUT2D eigenvalue weighted by atomic mass is 9.86. The molecule has 1 aliphatic rings. The molecule has 50 heavy (non-hydrogen) atoms. The zero-order valence-electron chi connectivity index (χ0n) is 30.8. The Hall–Kier alpha value is -2.82. The van der Waals surface area contributed by atoms with Crippen LogP contribution in [0.2, 0.25) is 0 Å². The first kappa shape index (κ1) is 45.2. The van der Waals surface area contributed by atoms with Gasteiger partial charge >= 0.3 is 22.3 Å². The van der Waals surface area contributed by atoms with Crippen LogP contribution in [-0.2, 0) is 48.0 Å². The van der Waals surface area contributed by atoms with Crippen molar-refractivity contribution in [1.29, 1.82) is 0 Å². The van der Waals surface area contributed by atoms with Gasteiger partial charge in [-0.25, -0.2) is 8.98 Å². The van der Waals surface area contributed by atoms with Crippen LogP contribution in [0.25, 0.3) is 0 Å². The Labute approximate surface area is 297 Å². The normalized spacial score (nSPS) is 26.6. The van der Waals surface area contributed by atoms with Crippen LogP contribution in [0.15, 0.2) is 0 Å². The van der Waals surface area contributed by atoms with E-state index in [1.165, 1.54) is 45.4 Å². The number of aliphatic hydroxyl groups is 1. The largest absolute Gasteiger partial charge is 0.463 e. The van der Waals surface area contributed by atoms with Crippen LogP contribution in [0.3, 0.4) is 0 Å². The lowest BCUT2D eigenvalue weighted by Crippen LogP contribution is -2.61. The summed E-state index contributed by atoms with van der Waals surface area (Å²) in [6, 6.07) is -4.68. The third-order valence-electron chi connectivity index (χ3n) is 9.03. The predicted octanol–water partition coefficient (Wildman–Crippen LogP) is 3.13. The number of nitrogens with one attached hydrogen (secondary N) is 3. The predicted molar refractivity (Wildman–Crippen MR) is 185 cm³/mol. The molecule has 1 aliphatic heterocycles. The first-order chi connectivity index (χ1) is 23.4. The fourth-order valence-corrected chi connectivity index (χ4v) is 6.33. The Morgan fingerprint density at radius 1 is 0.820 bits per heavy atom. The molecule has 1 heterocycles. The minimum absolute atomic E-state index is 0.333. The zero-order chi connectivity index (χ0) is 38.0. The van der Waals surface area contributed by atoms with Crippen LogP contribution in [0.1, 0.15) is 126 Å². The van der Waals surface area contributed by atoms with Gasteiger partial charge in [-0.05, 0) is 25.7 Å². The number of rotatable bonds is 18. The summed E-state index contributed by atoms with van der Waals surface area (Å²) in [6.45, 7) is 10.1.